The van der Waals surface area contributed by atoms with E-state index < -0.39 is 6.16 Å². The first-order valence-electron chi connectivity index (χ1n) is 9.15. The molecule has 0 radical (unpaired) electrons. The molecule has 4 nitrogen and oxygen atoms in total. The van der Waals surface area contributed by atoms with Gasteiger partial charge in [0.15, 0.2) is 23.0 Å². The van der Waals surface area contributed by atoms with Crippen LogP contribution in [0.2, 0.25) is 0 Å². The van der Waals surface area contributed by atoms with Gasteiger partial charge in [-0.3, -0.25) is 0 Å². The number of carbonyl (C=O) groups is 1. The Labute approximate surface area is 174 Å². The van der Waals surface area contributed by atoms with Crippen molar-refractivity contribution in [1.29, 1.82) is 0 Å². The summed E-state index contributed by atoms with van der Waals surface area (Å²) in [5, 5.41) is 9.75. The fraction of sp³-hybridized carbons (Fsp3) is 0.409. The minimum Gasteiger partial charge on any atom is -0.508 e. The molecule has 1 aliphatic rings. The van der Waals surface area contributed by atoms with Crippen molar-refractivity contribution in [3.05, 3.63) is 59.7 Å². The monoisotopic (exact) mass is 480 g/mol. The third-order valence-electron chi connectivity index (χ3n) is 5.47. The van der Waals surface area contributed by atoms with Crippen LogP contribution in [-0.2, 0) is 8.48 Å². The van der Waals surface area contributed by atoms with E-state index in [2.05, 4.69) is 23.8 Å². The van der Waals surface area contributed by atoms with Crippen molar-refractivity contribution < 1.29 is 17.7 Å². The quantitative estimate of drug-likeness (QED) is 0.314. The molecule has 0 heterocycles. The lowest BCUT2D eigenvalue weighted by Crippen LogP contribution is -2.41. The number of rotatable bonds is 3. The fourth-order valence-electron chi connectivity index (χ4n) is 4.91. The van der Waals surface area contributed by atoms with Crippen LogP contribution in [0.1, 0.15) is 51.2 Å². The first-order chi connectivity index (χ1) is 12.7. The number of benzene rings is 2. The van der Waals surface area contributed by atoms with Crippen LogP contribution in [0.25, 0.3) is 0 Å². The lowest BCUT2D eigenvalue weighted by molar-refractivity contribution is 0.127. The van der Waals surface area contributed by atoms with Gasteiger partial charge in [-0.1, -0.05) is 45.0 Å². The predicted molar refractivity (Wildman–Crippen MR) is 113 cm³/mol. The van der Waals surface area contributed by atoms with E-state index in [-0.39, 0.29) is 16.6 Å². The molecule has 0 amide bonds. The van der Waals surface area contributed by atoms with Crippen molar-refractivity contribution >= 4 is 29.2 Å². The number of ether oxygens (including phenoxy) is 1. The molecule has 2 aromatic carbocycles. The second-order valence-corrected chi connectivity index (χ2v) is 8.88. The molecule has 0 aromatic heterocycles. The zero-order valence-corrected chi connectivity index (χ0v) is 18.0. The molecule has 2 aromatic rings. The molecule has 144 valence electrons. The Morgan fingerprint density at radius 2 is 1.59 bits per heavy atom. The van der Waals surface area contributed by atoms with Crippen molar-refractivity contribution in [1.82, 2.24) is 0 Å². The molecule has 27 heavy (non-hydrogen) atoms. The SMILES string of the molecule is CC1CC(C)(C)CC(c2ccc(O)cc2)(c2ccc(OC(=O)OI)cc2)C1. The summed E-state index contributed by atoms with van der Waals surface area (Å²) in [6.07, 6.45) is 2.52. The van der Waals surface area contributed by atoms with Gasteiger partial charge in [-0.25, -0.2) is 4.79 Å². The number of hydrogen-bond acceptors (Lipinski definition) is 4. The van der Waals surface area contributed by atoms with Crippen LogP contribution < -0.4 is 4.74 Å². The van der Waals surface area contributed by atoms with Crippen molar-refractivity contribution in [2.75, 3.05) is 0 Å². The number of hydrogen-bond donors (Lipinski definition) is 1. The van der Waals surface area contributed by atoms with E-state index in [9.17, 15) is 9.90 Å². The average Bonchev–Trinajstić information content (AvgIpc) is 2.61. The minimum absolute atomic E-state index is 0.142. The maximum atomic E-state index is 11.3. The van der Waals surface area contributed by atoms with Gasteiger partial charge >= 0.3 is 6.16 Å². The molecule has 0 aliphatic heterocycles. The van der Waals surface area contributed by atoms with Crippen LogP contribution >= 0.6 is 23.0 Å². The van der Waals surface area contributed by atoms with E-state index in [1.807, 2.05) is 36.4 Å². The summed E-state index contributed by atoms with van der Waals surface area (Å²) in [5.41, 5.74) is 2.47. The molecule has 2 unspecified atom stereocenters. The second-order valence-electron chi connectivity index (χ2n) is 8.44. The van der Waals surface area contributed by atoms with Gasteiger partial charge in [-0.15, -0.1) is 0 Å². The van der Waals surface area contributed by atoms with Crippen molar-refractivity contribution in [3.63, 3.8) is 0 Å². The molecule has 0 spiro atoms. The first-order valence-corrected chi connectivity index (χ1v) is 10.0. The van der Waals surface area contributed by atoms with Crippen LogP contribution in [0.3, 0.4) is 0 Å². The lowest BCUT2D eigenvalue weighted by atomic mass is 9.55. The Morgan fingerprint density at radius 1 is 1.04 bits per heavy atom. The van der Waals surface area contributed by atoms with Gasteiger partial charge in [0, 0.05) is 5.41 Å². The average molecular weight is 480 g/mol. The van der Waals surface area contributed by atoms with Gasteiger partial charge in [0.1, 0.15) is 11.5 Å². The van der Waals surface area contributed by atoms with Crippen molar-refractivity contribution in [3.8, 4) is 11.5 Å². The number of halogens is 1. The van der Waals surface area contributed by atoms with Crippen LogP contribution in [0, 0.1) is 11.3 Å². The molecule has 1 aliphatic carbocycles. The number of aromatic hydroxyl groups is 1. The van der Waals surface area contributed by atoms with Crippen LogP contribution in [0.5, 0.6) is 11.5 Å². The van der Waals surface area contributed by atoms with E-state index in [1.54, 1.807) is 12.1 Å². The maximum absolute atomic E-state index is 11.3. The second kappa shape index (κ2) is 7.70. The topological polar surface area (TPSA) is 55.8 Å². The van der Waals surface area contributed by atoms with Crippen LogP contribution in [-0.4, -0.2) is 11.3 Å². The Hall–Kier alpha value is -1.76. The Balaban J connectivity index is 2.05. The molecule has 0 saturated heterocycles. The Kier molecular flexibility index (Phi) is 5.70. The van der Waals surface area contributed by atoms with Gasteiger partial charge in [-0.2, -0.15) is 0 Å². The fourth-order valence-corrected chi connectivity index (χ4v) is 5.00. The van der Waals surface area contributed by atoms with Gasteiger partial charge in [-0.05, 0) is 66.0 Å². The highest BCUT2D eigenvalue weighted by Crippen LogP contribution is 2.53. The molecule has 3 rings (SSSR count). The summed E-state index contributed by atoms with van der Waals surface area (Å²) in [6, 6.07) is 15.3. The highest BCUT2D eigenvalue weighted by molar-refractivity contribution is 14.1. The number of carbonyl (C=O) groups excluding carboxylic acids is 1. The summed E-state index contributed by atoms with van der Waals surface area (Å²) < 4.78 is 9.65. The van der Waals surface area contributed by atoms with Gasteiger partial charge < -0.3 is 12.9 Å². The molecule has 1 N–H and O–H groups in total. The number of phenols is 1. The van der Waals surface area contributed by atoms with Gasteiger partial charge in [0.05, 0.1) is 0 Å². The van der Waals surface area contributed by atoms with Crippen molar-refractivity contribution in [2.45, 2.75) is 45.4 Å². The Bertz CT molecular complexity index is 798. The van der Waals surface area contributed by atoms with E-state index in [4.69, 9.17) is 4.74 Å². The highest BCUT2D eigenvalue weighted by atomic mass is 127. The van der Waals surface area contributed by atoms with E-state index in [0.717, 1.165) is 12.8 Å². The maximum Gasteiger partial charge on any atom is 0.523 e. The molecule has 1 saturated carbocycles. The summed E-state index contributed by atoms with van der Waals surface area (Å²) >= 11 is 1.51. The molecule has 5 heteroatoms. The third kappa shape index (κ3) is 4.39. The van der Waals surface area contributed by atoms with Crippen molar-refractivity contribution in [2.24, 2.45) is 11.3 Å². The van der Waals surface area contributed by atoms with E-state index in [0.29, 0.717) is 11.7 Å². The summed E-state index contributed by atoms with van der Waals surface area (Å²) in [5.74, 6) is 1.31. The molecule has 0 bridgehead atoms. The smallest absolute Gasteiger partial charge is 0.508 e. The molecular weight excluding hydrogens is 455 g/mol. The van der Waals surface area contributed by atoms with Gasteiger partial charge in [0.2, 0.25) is 0 Å². The minimum atomic E-state index is -0.732. The molecule has 1 fully saturated rings. The first kappa shape index (κ1) is 20.0. The summed E-state index contributed by atoms with van der Waals surface area (Å²) in [7, 11) is 0. The lowest BCUT2D eigenvalue weighted by Gasteiger charge is -2.48. The molecular formula is C22H25IO4. The zero-order valence-electron chi connectivity index (χ0n) is 15.9. The predicted octanol–water partition coefficient (Wildman–Crippen LogP) is 6.39. The number of phenolic OH excluding ortho intramolecular Hbond substituents is 1. The van der Waals surface area contributed by atoms with Crippen LogP contribution in [0.15, 0.2) is 48.5 Å². The summed E-state index contributed by atoms with van der Waals surface area (Å²) in [6.45, 7) is 6.96. The van der Waals surface area contributed by atoms with Crippen LogP contribution in [0.4, 0.5) is 4.79 Å². The largest absolute Gasteiger partial charge is 0.523 e. The van der Waals surface area contributed by atoms with Gasteiger partial charge in [0.25, 0.3) is 0 Å². The molecule has 2 atom stereocenters. The Morgan fingerprint density at radius 3 is 2.11 bits per heavy atom. The third-order valence-corrected chi connectivity index (χ3v) is 5.83. The highest BCUT2D eigenvalue weighted by Gasteiger charge is 2.45. The summed E-state index contributed by atoms with van der Waals surface area (Å²) in [4.78, 5) is 11.3. The standard InChI is InChI=1S/C22H25IO4/c1-15-12-21(2,3)14-22(13-15,16-4-8-18(24)9-5-16)17-6-10-19(11-7-17)26-20(25)27-23/h4-11,15,24H,12-14H2,1-3H3. The van der Waals surface area contributed by atoms with E-state index >= 15 is 0 Å². The zero-order chi connectivity index (χ0) is 19.7. The normalized spacial score (nSPS) is 24.2. The van der Waals surface area contributed by atoms with E-state index in [1.165, 1.54) is 40.6 Å².